The van der Waals surface area contributed by atoms with Crippen LogP contribution in [0.5, 0.6) is 11.5 Å². The Labute approximate surface area is 205 Å². The van der Waals surface area contributed by atoms with Crippen molar-refractivity contribution < 1.29 is 40.2 Å². The maximum absolute atomic E-state index is 13.9. The van der Waals surface area contributed by atoms with Gasteiger partial charge in [-0.2, -0.15) is 4.31 Å². The van der Waals surface area contributed by atoms with Crippen molar-refractivity contribution in [1.29, 1.82) is 0 Å². The molecular formula is C22H23ClF4N2O5S. The average molecular weight is 539 g/mol. The van der Waals surface area contributed by atoms with Crippen LogP contribution < -0.4 is 9.47 Å². The van der Waals surface area contributed by atoms with Crippen molar-refractivity contribution in [2.75, 3.05) is 32.8 Å². The van der Waals surface area contributed by atoms with E-state index < -0.39 is 33.4 Å². The molecule has 3 rings (SSSR count). The Kier molecular flexibility index (Phi) is 7.87. The highest BCUT2D eigenvalue weighted by molar-refractivity contribution is 7.89. The first-order valence-electron chi connectivity index (χ1n) is 10.4. The molecule has 2 aromatic carbocycles. The Morgan fingerprint density at radius 2 is 1.63 bits per heavy atom. The van der Waals surface area contributed by atoms with E-state index in [1.165, 1.54) is 17.0 Å². The van der Waals surface area contributed by atoms with Crippen molar-refractivity contribution in [3.05, 3.63) is 53.3 Å². The molecule has 0 spiro atoms. The Balaban J connectivity index is 1.59. The lowest BCUT2D eigenvalue weighted by Crippen LogP contribution is -2.54. The highest BCUT2D eigenvalue weighted by atomic mass is 35.5. The number of carbonyl (C=O) groups excluding carboxylic acids is 1. The van der Waals surface area contributed by atoms with Crippen LogP contribution in [0.15, 0.2) is 47.4 Å². The summed E-state index contributed by atoms with van der Waals surface area (Å²) in [4.78, 5) is 14.3. The van der Waals surface area contributed by atoms with Crippen molar-refractivity contribution in [1.82, 2.24) is 9.21 Å². The van der Waals surface area contributed by atoms with Gasteiger partial charge in [0, 0.05) is 31.2 Å². The molecule has 1 amide bonds. The monoisotopic (exact) mass is 538 g/mol. The first-order valence-corrected chi connectivity index (χ1v) is 12.2. The summed E-state index contributed by atoms with van der Waals surface area (Å²) in [6.07, 6.45) is -4.88. The van der Waals surface area contributed by atoms with Crippen molar-refractivity contribution in [3.8, 4) is 11.5 Å². The zero-order valence-corrected chi connectivity index (χ0v) is 20.4. The smallest absolute Gasteiger partial charge is 0.489 e. The maximum atomic E-state index is 13.9. The molecule has 0 N–H and O–H groups in total. The van der Waals surface area contributed by atoms with E-state index in [4.69, 9.17) is 16.3 Å². The number of hydrogen-bond donors (Lipinski definition) is 0. The molecule has 1 aliphatic rings. The van der Waals surface area contributed by atoms with Crippen LogP contribution in [0.1, 0.15) is 13.8 Å². The van der Waals surface area contributed by atoms with Crippen LogP contribution in [0.25, 0.3) is 0 Å². The zero-order chi connectivity index (χ0) is 26.0. The minimum absolute atomic E-state index is 0.00236. The molecule has 2 aromatic rings. The minimum Gasteiger partial charge on any atom is -0.489 e. The van der Waals surface area contributed by atoms with E-state index in [0.29, 0.717) is 0 Å². The average Bonchev–Trinajstić information content (AvgIpc) is 2.77. The van der Waals surface area contributed by atoms with Gasteiger partial charge in [-0.3, -0.25) is 4.79 Å². The lowest BCUT2D eigenvalue weighted by Gasteiger charge is -2.38. The highest BCUT2D eigenvalue weighted by Crippen LogP contribution is 2.28. The van der Waals surface area contributed by atoms with Gasteiger partial charge in [0.1, 0.15) is 12.4 Å². The third-order valence-corrected chi connectivity index (χ3v) is 7.43. The van der Waals surface area contributed by atoms with Crippen LogP contribution >= 0.6 is 11.6 Å². The third kappa shape index (κ3) is 6.77. The number of benzene rings is 2. The second kappa shape index (κ2) is 10.2. The molecule has 0 aliphatic carbocycles. The maximum Gasteiger partial charge on any atom is 0.573 e. The molecule has 1 heterocycles. The summed E-state index contributed by atoms with van der Waals surface area (Å²) in [6, 6.07) is 7.84. The number of piperazine rings is 1. The molecule has 1 fully saturated rings. The summed E-state index contributed by atoms with van der Waals surface area (Å²) in [7, 11) is -3.98. The Morgan fingerprint density at radius 3 is 2.17 bits per heavy atom. The standard InChI is InChI=1S/C22H23ClF4N2O5S/c1-21(2,14-33-19-8-3-15(23)13-18(19)24)20(30)28-9-11-29(12-10-28)35(31,32)17-6-4-16(5-7-17)34-22(25,26)27/h3-8,13H,9-12,14H2,1-2H3. The number of sulfonamides is 1. The van der Waals surface area contributed by atoms with Gasteiger partial charge in [-0.15, -0.1) is 13.2 Å². The van der Waals surface area contributed by atoms with E-state index in [9.17, 15) is 30.8 Å². The van der Waals surface area contributed by atoms with E-state index in [1.807, 2.05) is 0 Å². The lowest BCUT2D eigenvalue weighted by atomic mass is 9.92. The normalized spacial score (nSPS) is 15.7. The molecule has 1 aliphatic heterocycles. The number of halogens is 5. The van der Waals surface area contributed by atoms with Crippen molar-refractivity contribution >= 4 is 27.5 Å². The summed E-state index contributed by atoms with van der Waals surface area (Å²) in [5.74, 6) is -1.53. The van der Waals surface area contributed by atoms with Crippen molar-refractivity contribution in [2.24, 2.45) is 5.41 Å². The number of amides is 1. The van der Waals surface area contributed by atoms with E-state index in [2.05, 4.69) is 4.74 Å². The molecule has 7 nitrogen and oxygen atoms in total. The number of alkyl halides is 3. The summed E-state index contributed by atoms with van der Waals surface area (Å²) in [6.45, 7) is 3.36. The van der Waals surface area contributed by atoms with Gasteiger partial charge in [0.15, 0.2) is 11.6 Å². The Morgan fingerprint density at radius 1 is 1.03 bits per heavy atom. The molecule has 35 heavy (non-hydrogen) atoms. The van der Waals surface area contributed by atoms with Gasteiger partial charge in [0.25, 0.3) is 0 Å². The van der Waals surface area contributed by atoms with Gasteiger partial charge in [0.05, 0.1) is 10.3 Å². The zero-order valence-electron chi connectivity index (χ0n) is 18.8. The Bertz CT molecular complexity index is 1170. The fourth-order valence-corrected chi connectivity index (χ4v) is 5.02. The first-order chi connectivity index (χ1) is 16.2. The van der Waals surface area contributed by atoms with Crippen LogP contribution in [-0.4, -0.2) is 62.7 Å². The summed E-state index contributed by atoms with van der Waals surface area (Å²) < 4.78 is 87.0. The van der Waals surface area contributed by atoms with Crippen LogP contribution in [0, 0.1) is 11.2 Å². The van der Waals surface area contributed by atoms with E-state index in [1.54, 1.807) is 13.8 Å². The molecule has 0 radical (unpaired) electrons. The number of ether oxygens (including phenoxy) is 2. The third-order valence-electron chi connectivity index (χ3n) is 5.28. The molecule has 0 unspecified atom stereocenters. The van der Waals surface area contributed by atoms with E-state index in [-0.39, 0.29) is 54.4 Å². The highest BCUT2D eigenvalue weighted by Gasteiger charge is 2.37. The van der Waals surface area contributed by atoms with Gasteiger partial charge in [-0.25, -0.2) is 12.8 Å². The summed E-state index contributed by atoms with van der Waals surface area (Å²) in [5.41, 5.74) is -1.03. The number of nitrogens with zero attached hydrogens (tertiary/aromatic N) is 2. The topological polar surface area (TPSA) is 76.2 Å². The minimum atomic E-state index is -4.88. The molecule has 1 saturated heterocycles. The van der Waals surface area contributed by atoms with Crippen molar-refractivity contribution in [3.63, 3.8) is 0 Å². The second-order valence-corrected chi connectivity index (χ2v) is 10.8. The largest absolute Gasteiger partial charge is 0.573 e. The first kappa shape index (κ1) is 27.0. The SMILES string of the molecule is CC(C)(COc1ccc(Cl)cc1F)C(=O)N1CCN(S(=O)(=O)c2ccc(OC(F)(F)F)cc2)CC1. The number of rotatable bonds is 7. The quantitative estimate of drug-likeness (QED) is 0.491. The summed E-state index contributed by atoms with van der Waals surface area (Å²) >= 11 is 5.72. The Hall–Kier alpha value is -2.57. The van der Waals surface area contributed by atoms with Crippen molar-refractivity contribution in [2.45, 2.75) is 25.1 Å². The number of carbonyl (C=O) groups is 1. The molecule has 0 aromatic heterocycles. The van der Waals surface area contributed by atoms with Gasteiger partial charge in [-0.1, -0.05) is 11.6 Å². The fraction of sp³-hybridized carbons (Fsp3) is 0.409. The molecule has 13 heteroatoms. The van der Waals surface area contributed by atoms with E-state index >= 15 is 0 Å². The summed E-state index contributed by atoms with van der Waals surface area (Å²) in [5, 5.41) is 0.212. The van der Waals surface area contributed by atoms with Crippen LogP contribution in [0.4, 0.5) is 17.6 Å². The van der Waals surface area contributed by atoms with Gasteiger partial charge < -0.3 is 14.4 Å². The van der Waals surface area contributed by atoms with Gasteiger partial charge in [0.2, 0.25) is 15.9 Å². The predicted octanol–water partition coefficient (Wildman–Crippen LogP) is 4.32. The van der Waals surface area contributed by atoms with Gasteiger partial charge >= 0.3 is 6.36 Å². The van der Waals surface area contributed by atoms with E-state index in [0.717, 1.165) is 34.6 Å². The predicted molar refractivity (Wildman–Crippen MR) is 119 cm³/mol. The van der Waals surface area contributed by atoms with Crippen LogP contribution in [0.2, 0.25) is 5.02 Å². The fourth-order valence-electron chi connectivity index (χ4n) is 3.43. The molecule has 0 bridgehead atoms. The van der Waals surface area contributed by atoms with Crippen LogP contribution in [0.3, 0.4) is 0 Å². The molecule has 0 atom stereocenters. The molecule has 0 saturated carbocycles. The molecular weight excluding hydrogens is 516 g/mol. The van der Waals surface area contributed by atoms with Gasteiger partial charge in [-0.05, 0) is 56.3 Å². The van der Waals surface area contributed by atoms with Crippen LogP contribution in [-0.2, 0) is 14.8 Å². The number of hydrogen-bond acceptors (Lipinski definition) is 5. The second-order valence-electron chi connectivity index (χ2n) is 8.46. The molecule has 192 valence electrons. The lowest BCUT2D eigenvalue weighted by molar-refractivity contribution is -0.274.